The number of anilines is 2. The Morgan fingerprint density at radius 1 is 1.30 bits per heavy atom. The van der Waals surface area contributed by atoms with Crippen LogP contribution in [-0.2, 0) is 9.53 Å². The summed E-state index contributed by atoms with van der Waals surface area (Å²) in [7, 11) is 0. The average molecular weight is 278 g/mol. The van der Waals surface area contributed by atoms with E-state index in [1.165, 1.54) is 6.07 Å². The highest BCUT2D eigenvalue weighted by Gasteiger charge is 2.26. The monoisotopic (exact) mass is 278 g/mol. The molecule has 0 radical (unpaired) electrons. The number of ether oxygens (including phenoxy) is 1. The number of amides is 1. The van der Waals surface area contributed by atoms with Crippen molar-refractivity contribution in [3.63, 3.8) is 0 Å². The zero-order valence-corrected chi connectivity index (χ0v) is 11.3. The largest absolute Gasteiger partial charge is 0.381 e. The van der Waals surface area contributed by atoms with Crippen LogP contribution >= 0.6 is 0 Å². The minimum Gasteiger partial charge on any atom is -0.381 e. The van der Waals surface area contributed by atoms with Crippen molar-refractivity contribution >= 4 is 17.3 Å². The molecule has 1 saturated carbocycles. The number of nitrogens with one attached hydrogen (secondary N) is 2. The van der Waals surface area contributed by atoms with Crippen LogP contribution in [0.5, 0.6) is 0 Å². The van der Waals surface area contributed by atoms with Crippen LogP contribution in [0.15, 0.2) is 18.2 Å². The Bertz CT molecular complexity index is 497. The third-order valence-electron chi connectivity index (χ3n) is 3.73. The summed E-state index contributed by atoms with van der Waals surface area (Å²) < 4.78 is 19.3. The summed E-state index contributed by atoms with van der Waals surface area (Å²) in [6.45, 7) is 1.13. The molecule has 1 heterocycles. The molecule has 4 nitrogen and oxygen atoms in total. The van der Waals surface area contributed by atoms with Crippen LogP contribution in [0.3, 0.4) is 0 Å². The highest BCUT2D eigenvalue weighted by Crippen LogP contribution is 2.31. The van der Waals surface area contributed by atoms with Gasteiger partial charge < -0.3 is 15.4 Å². The molecule has 20 heavy (non-hydrogen) atoms. The van der Waals surface area contributed by atoms with Gasteiger partial charge in [-0.15, -0.1) is 0 Å². The molecule has 1 saturated heterocycles. The number of carbonyl (C=O) groups is 1. The van der Waals surface area contributed by atoms with Gasteiger partial charge in [0.25, 0.3) is 0 Å². The molecule has 1 aromatic carbocycles. The average Bonchev–Trinajstić information content (AvgIpc) is 3.27. The van der Waals surface area contributed by atoms with Crippen molar-refractivity contribution in [2.75, 3.05) is 23.8 Å². The second-order valence-electron chi connectivity index (χ2n) is 5.48. The molecular weight excluding hydrogens is 259 g/mol. The maximum Gasteiger partial charge on any atom is 0.229 e. The number of halogens is 1. The number of benzene rings is 1. The Morgan fingerprint density at radius 3 is 2.85 bits per heavy atom. The number of carbonyl (C=O) groups excluding carboxylic acids is 1. The summed E-state index contributed by atoms with van der Waals surface area (Å²) in [6, 6.07) is 5.23. The lowest BCUT2D eigenvalue weighted by atomic mass is 10.0. The molecular formula is C15H19FN2O2. The fourth-order valence-electron chi connectivity index (χ4n) is 2.39. The number of para-hydroxylation sites is 1. The predicted molar refractivity (Wildman–Crippen MR) is 75.2 cm³/mol. The minimum atomic E-state index is -0.402. The number of hydrogen-bond acceptors (Lipinski definition) is 3. The fourth-order valence-corrected chi connectivity index (χ4v) is 2.39. The molecule has 1 aliphatic heterocycles. The van der Waals surface area contributed by atoms with Crippen molar-refractivity contribution in [2.45, 2.75) is 31.7 Å². The second-order valence-corrected chi connectivity index (χ2v) is 5.48. The third kappa shape index (κ3) is 3.10. The Hall–Kier alpha value is -1.62. The third-order valence-corrected chi connectivity index (χ3v) is 3.73. The fraction of sp³-hybridized carbons (Fsp3) is 0.533. The quantitative estimate of drug-likeness (QED) is 0.890. The van der Waals surface area contributed by atoms with E-state index < -0.39 is 5.82 Å². The summed E-state index contributed by atoms with van der Waals surface area (Å²) in [5.74, 6) is -0.744. The van der Waals surface area contributed by atoms with Gasteiger partial charge in [0, 0.05) is 12.6 Å². The lowest BCUT2D eigenvalue weighted by Crippen LogP contribution is -2.30. The molecule has 0 aromatic heterocycles. The standard InChI is InChI=1S/C15H19FN2O2/c16-12-4-1-5-13(17-11-6-7-11)14(12)18-15(19)10-3-2-8-20-9-10/h1,4-5,10-11,17H,2-3,6-9H2,(H,18,19)/t10-/m0/s1. The van der Waals surface area contributed by atoms with Crippen LogP contribution in [-0.4, -0.2) is 25.2 Å². The van der Waals surface area contributed by atoms with E-state index >= 15 is 0 Å². The van der Waals surface area contributed by atoms with E-state index in [0.717, 1.165) is 25.7 Å². The first-order chi connectivity index (χ1) is 9.74. The van der Waals surface area contributed by atoms with Gasteiger partial charge in [-0.1, -0.05) is 6.07 Å². The molecule has 0 spiro atoms. The maximum absolute atomic E-state index is 14.0. The van der Waals surface area contributed by atoms with Gasteiger partial charge in [0.1, 0.15) is 11.5 Å². The van der Waals surface area contributed by atoms with Gasteiger partial charge in [-0.05, 0) is 37.8 Å². The van der Waals surface area contributed by atoms with Gasteiger partial charge >= 0.3 is 0 Å². The SMILES string of the molecule is O=C(Nc1c(F)cccc1NC1CC1)[C@H]1CCCOC1. The van der Waals surface area contributed by atoms with Crippen molar-refractivity contribution in [2.24, 2.45) is 5.92 Å². The van der Waals surface area contributed by atoms with E-state index in [2.05, 4.69) is 10.6 Å². The Kier molecular flexibility index (Phi) is 3.87. The smallest absolute Gasteiger partial charge is 0.229 e. The summed E-state index contributed by atoms with van der Waals surface area (Å²) in [5.41, 5.74) is 0.924. The van der Waals surface area contributed by atoms with Crippen LogP contribution in [0.2, 0.25) is 0 Å². The van der Waals surface area contributed by atoms with Crippen molar-refractivity contribution in [1.29, 1.82) is 0 Å². The zero-order valence-electron chi connectivity index (χ0n) is 11.3. The second kappa shape index (κ2) is 5.79. The van der Waals surface area contributed by atoms with Crippen LogP contribution in [0.25, 0.3) is 0 Å². The van der Waals surface area contributed by atoms with Crippen molar-refractivity contribution < 1.29 is 13.9 Å². The van der Waals surface area contributed by atoms with E-state index in [9.17, 15) is 9.18 Å². The molecule has 1 aliphatic carbocycles. The highest BCUT2D eigenvalue weighted by molar-refractivity contribution is 5.96. The lowest BCUT2D eigenvalue weighted by molar-refractivity contribution is -0.123. The van der Waals surface area contributed by atoms with Crippen LogP contribution in [0.4, 0.5) is 15.8 Å². The molecule has 2 N–H and O–H groups in total. The van der Waals surface area contributed by atoms with Crippen LogP contribution in [0, 0.1) is 11.7 Å². The Morgan fingerprint density at radius 2 is 2.15 bits per heavy atom. The summed E-state index contributed by atoms with van der Waals surface area (Å²) in [6.07, 6.45) is 3.87. The summed E-state index contributed by atoms with van der Waals surface area (Å²) >= 11 is 0. The van der Waals surface area contributed by atoms with Crippen LogP contribution < -0.4 is 10.6 Å². The minimum absolute atomic E-state index is 0.159. The summed E-state index contributed by atoms with van der Waals surface area (Å²) in [5, 5.41) is 5.97. The van der Waals surface area contributed by atoms with Crippen molar-refractivity contribution in [1.82, 2.24) is 0 Å². The molecule has 0 bridgehead atoms. The molecule has 108 valence electrons. The summed E-state index contributed by atoms with van der Waals surface area (Å²) in [4.78, 5) is 12.2. The number of hydrogen-bond donors (Lipinski definition) is 2. The van der Waals surface area contributed by atoms with Gasteiger partial charge in [-0.3, -0.25) is 4.79 Å². The van der Waals surface area contributed by atoms with Gasteiger partial charge in [-0.2, -0.15) is 0 Å². The molecule has 2 aliphatic rings. The molecule has 1 atom stereocenters. The lowest BCUT2D eigenvalue weighted by Gasteiger charge is -2.22. The molecule has 3 rings (SSSR count). The first kappa shape index (κ1) is 13.4. The normalized spacial score (nSPS) is 22.4. The molecule has 0 unspecified atom stereocenters. The van der Waals surface area contributed by atoms with E-state index in [0.29, 0.717) is 24.9 Å². The molecule has 1 aromatic rings. The van der Waals surface area contributed by atoms with Crippen LogP contribution in [0.1, 0.15) is 25.7 Å². The topological polar surface area (TPSA) is 50.4 Å². The zero-order chi connectivity index (χ0) is 13.9. The van der Waals surface area contributed by atoms with Gasteiger partial charge in [-0.25, -0.2) is 4.39 Å². The van der Waals surface area contributed by atoms with E-state index in [1.54, 1.807) is 12.1 Å². The van der Waals surface area contributed by atoms with E-state index in [4.69, 9.17) is 4.74 Å². The van der Waals surface area contributed by atoms with Crippen molar-refractivity contribution in [3.8, 4) is 0 Å². The molecule has 5 heteroatoms. The molecule has 1 amide bonds. The van der Waals surface area contributed by atoms with Crippen molar-refractivity contribution in [3.05, 3.63) is 24.0 Å². The van der Waals surface area contributed by atoms with Gasteiger partial charge in [0.2, 0.25) is 5.91 Å². The Labute approximate surface area is 117 Å². The van der Waals surface area contributed by atoms with Gasteiger partial charge in [0.05, 0.1) is 18.2 Å². The predicted octanol–water partition coefficient (Wildman–Crippen LogP) is 2.77. The van der Waals surface area contributed by atoms with Gasteiger partial charge in [0.15, 0.2) is 0 Å². The Balaban J connectivity index is 1.72. The van der Waals surface area contributed by atoms with E-state index in [-0.39, 0.29) is 17.5 Å². The van der Waals surface area contributed by atoms with E-state index in [1.807, 2.05) is 0 Å². The maximum atomic E-state index is 14.0. The number of rotatable bonds is 4. The molecule has 2 fully saturated rings. The first-order valence-corrected chi connectivity index (χ1v) is 7.17. The first-order valence-electron chi connectivity index (χ1n) is 7.17. The highest BCUT2D eigenvalue weighted by atomic mass is 19.1.